The van der Waals surface area contributed by atoms with Crippen molar-refractivity contribution in [2.24, 2.45) is 5.41 Å². The molecular weight excluding hydrogens is 334 g/mol. The van der Waals surface area contributed by atoms with Crippen LogP contribution in [-0.2, 0) is 9.47 Å². The highest BCUT2D eigenvalue weighted by Crippen LogP contribution is 2.39. The Morgan fingerprint density at radius 1 is 1.19 bits per heavy atom. The lowest BCUT2D eigenvalue weighted by Crippen LogP contribution is -2.41. The minimum atomic E-state index is -0.852. The second-order valence-corrected chi connectivity index (χ2v) is 9.10. The average Bonchev–Trinajstić information content (AvgIpc) is 3.02. The molecule has 1 unspecified atom stereocenters. The molecule has 1 saturated heterocycles. The maximum absolute atomic E-state index is 11.0. The minimum absolute atomic E-state index is 0.0301. The molecule has 0 bridgehead atoms. The number of imidazole rings is 1. The smallest absolute Gasteiger partial charge is 0.167 e. The number of fused-ring (bicyclic) bond motifs is 1. The molecule has 0 aliphatic carbocycles. The Morgan fingerprint density at radius 3 is 2.50 bits per heavy atom. The maximum atomic E-state index is 11.0. The van der Waals surface area contributed by atoms with Crippen molar-refractivity contribution in [1.82, 2.24) is 19.5 Å². The van der Waals surface area contributed by atoms with Crippen LogP contribution in [0.4, 0.5) is 5.82 Å². The molecule has 1 aliphatic rings. The lowest BCUT2D eigenvalue weighted by atomic mass is 9.87. The highest BCUT2D eigenvalue weighted by Gasteiger charge is 2.48. The number of nitrogens with two attached hydrogens (primary N) is 1. The predicted octanol–water partition coefficient (Wildman–Crippen LogP) is 2.29. The highest BCUT2D eigenvalue weighted by molar-refractivity contribution is 5.81. The standard InChI is InChI=1S/C18H29N5O3/c1-17(2,3)7-10-13(26-18(4,5)6)12(24)16(25-10)23-9-22-11-14(19)20-8-21-15(11)23/h8-10,12-13,16,24H,7H2,1-6H3,(H2,19,20,21)/t10-,12?,13+,16-/m1/s1. The zero-order valence-electron chi connectivity index (χ0n) is 16.3. The van der Waals surface area contributed by atoms with Crippen LogP contribution in [0.1, 0.15) is 54.2 Å². The summed E-state index contributed by atoms with van der Waals surface area (Å²) in [7, 11) is 0. The fraction of sp³-hybridized carbons (Fsp3) is 0.722. The number of nitrogens with zero attached hydrogens (tertiary/aromatic N) is 4. The van der Waals surface area contributed by atoms with Gasteiger partial charge in [0.1, 0.15) is 24.1 Å². The van der Waals surface area contributed by atoms with Crippen LogP contribution in [0.2, 0.25) is 0 Å². The van der Waals surface area contributed by atoms with Crippen molar-refractivity contribution in [3.05, 3.63) is 12.7 Å². The normalized spacial score (nSPS) is 27.3. The number of aliphatic hydroxyl groups excluding tert-OH is 1. The quantitative estimate of drug-likeness (QED) is 0.861. The molecule has 0 saturated carbocycles. The topological polar surface area (TPSA) is 108 Å². The second kappa shape index (κ2) is 6.44. The van der Waals surface area contributed by atoms with Crippen molar-refractivity contribution in [2.45, 2.75) is 78.1 Å². The van der Waals surface area contributed by atoms with Gasteiger partial charge in [-0.05, 0) is 32.6 Å². The molecule has 0 aromatic carbocycles. The van der Waals surface area contributed by atoms with Crippen molar-refractivity contribution in [3.63, 3.8) is 0 Å². The van der Waals surface area contributed by atoms with Crippen molar-refractivity contribution in [1.29, 1.82) is 0 Å². The summed E-state index contributed by atoms with van der Waals surface area (Å²) in [5.74, 6) is 0.301. The summed E-state index contributed by atoms with van der Waals surface area (Å²) in [5, 5.41) is 11.0. The van der Waals surface area contributed by atoms with Gasteiger partial charge in [0.2, 0.25) is 0 Å². The average molecular weight is 363 g/mol. The van der Waals surface area contributed by atoms with Gasteiger partial charge in [-0.2, -0.15) is 0 Å². The molecule has 1 fully saturated rings. The molecule has 4 atom stereocenters. The Bertz CT molecular complexity index is 777. The highest BCUT2D eigenvalue weighted by atomic mass is 16.6. The summed E-state index contributed by atoms with van der Waals surface area (Å²) in [6.45, 7) is 12.4. The number of hydrogen-bond donors (Lipinski definition) is 2. The van der Waals surface area contributed by atoms with Crippen LogP contribution in [0.5, 0.6) is 0 Å². The third-order valence-electron chi connectivity index (χ3n) is 4.27. The summed E-state index contributed by atoms with van der Waals surface area (Å²) < 4.78 is 14.1. The second-order valence-electron chi connectivity index (χ2n) is 9.10. The maximum Gasteiger partial charge on any atom is 0.167 e. The molecule has 26 heavy (non-hydrogen) atoms. The summed E-state index contributed by atoms with van der Waals surface area (Å²) >= 11 is 0. The zero-order chi connectivity index (χ0) is 19.3. The number of hydrogen-bond acceptors (Lipinski definition) is 7. The van der Waals surface area contributed by atoms with E-state index in [4.69, 9.17) is 15.2 Å². The van der Waals surface area contributed by atoms with Gasteiger partial charge >= 0.3 is 0 Å². The Morgan fingerprint density at radius 2 is 1.88 bits per heavy atom. The Labute approximate surface area is 153 Å². The molecule has 3 N–H and O–H groups in total. The largest absolute Gasteiger partial charge is 0.386 e. The monoisotopic (exact) mass is 363 g/mol. The molecule has 0 amide bonds. The van der Waals surface area contributed by atoms with Crippen molar-refractivity contribution < 1.29 is 14.6 Å². The first-order valence-electron chi connectivity index (χ1n) is 8.91. The molecule has 8 nitrogen and oxygen atoms in total. The number of aromatic nitrogens is 4. The van der Waals surface area contributed by atoms with Gasteiger partial charge in [0.05, 0.1) is 18.0 Å². The van der Waals surface area contributed by atoms with E-state index in [2.05, 4.69) is 35.7 Å². The molecule has 144 valence electrons. The minimum Gasteiger partial charge on any atom is -0.386 e. The van der Waals surface area contributed by atoms with Crippen molar-refractivity contribution in [2.75, 3.05) is 5.73 Å². The summed E-state index contributed by atoms with van der Waals surface area (Å²) in [4.78, 5) is 12.5. The number of anilines is 1. The number of ether oxygens (including phenoxy) is 2. The third-order valence-corrected chi connectivity index (χ3v) is 4.27. The molecule has 8 heteroatoms. The van der Waals surface area contributed by atoms with E-state index in [0.29, 0.717) is 17.0 Å². The number of nitrogen functional groups attached to an aromatic ring is 1. The van der Waals surface area contributed by atoms with Gasteiger partial charge in [-0.1, -0.05) is 20.8 Å². The van der Waals surface area contributed by atoms with E-state index in [1.165, 1.54) is 6.33 Å². The Hall–Kier alpha value is -1.77. The molecule has 2 aromatic rings. The molecule has 0 spiro atoms. The van der Waals surface area contributed by atoms with E-state index >= 15 is 0 Å². The molecule has 0 radical (unpaired) electrons. The zero-order valence-corrected chi connectivity index (χ0v) is 16.3. The molecule has 2 aromatic heterocycles. The van der Waals surface area contributed by atoms with Gasteiger partial charge in [-0.25, -0.2) is 15.0 Å². The summed E-state index contributed by atoms with van der Waals surface area (Å²) in [6, 6.07) is 0. The van der Waals surface area contributed by atoms with Crippen LogP contribution in [0.25, 0.3) is 11.2 Å². The summed E-state index contributed by atoms with van der Waals surface area (Å²) in [6.07, 6.45) is 1.53. The lowest BCUT2D eigenvalue weighted by molar-refractivity contribution is -0.117. The molecule has 1 aliphatic heterocycles. The van der Waals surface area contributed by atoms with Crippen LogP contribution in [0.3, 0.4) is 0 Å². The van der Waals surface area contributed by atoms with Gasteiger partial charge in [-0.3, -0.25) is 4.57 Å². The Balaban J connectivity index is 1.96. The molecule has 3 heterocycles. The SMILES string of the molecule is CC(C)(C)C[C@H]1O[C@@H](n2cnc3c(N)ncnc32)C(O)[C@H]1OC(C)(C)C. The van der Waals surface area contributed by atoms with Gasteiger partial charge in [0.25, 0.3) is 0 Å². The van der Waals surface area contributed by atoms with E-state index in [9.17, 15) is 5.11 Å². The van der Waals surface area contributed by atoms with Crippen LogP contribution in [-0.4, -0.2) is 48.5 Å². The van der Waals surface area contributed by atoms with Crippen LogP contribution >= 0.6 is 0 Å². The van der Waals surface area contributed by atoms with Crippen molar-refractivity contribution >= 4 is 17.0 Å². The van der Waals surface area contributed by atoms with Crippen LogP contribution in [0, 0.1) is 5.41 Å². The van der Waals surface area contributed by atoms with E-state index in [-0.39, 0.29) is 11.5 Å². The first kappa shape index (κ1) is 19.0. The van der Waals surface area contributed by atoms with Gasteiger partial charge in [-0.15, -0.1) is 0 Å². The number of rotatable bonds is 3. The van der Waals surface area contributed by atoms with E-state index in [1.807, 2.05) is 20.8 Å². The van der Waals surface area contributed by atoms with Crippen molar-refractivity contribution in [3.8, 4) is 0 Å². The van der Waals surface area contributed by atoms with Crippen LogP contribution < -0.4 is 5.73 Å². The number of aliphatic hydroxyl groups is 1. The predicted molar refractivity (Wildman–Crippen MR) is 98.4 cm³/mol. The first-order valence-corrected chi connectivity index (χ1v) is 8.91. The third kappa shape index (κ3) is 3.82. The van der Waals surface area contributed by atoms with E-state index in [0.717, 1.165) is 6.42 Å². The Kier molecular flexibility index (Phi) is 4.71. The van der Waals surface area contributed by atoms with Gasteiger partial charge in [0, 0.05) is 0 Å². The van der Waals surface area contributed by atoms with Gasteiger partial charge < -0.3 is 20.3 Å². The van der Waals surface area contributed by atoms with E-state index in [1.54, 1.807) is 10.9 Å². The summed E-state index contributed by atoms with van der Waals surface area (Å²) in [5.41, 5.74) is 6.53. The van der Waals surface area contributed by atoms with E-state index < -0.39 is 24.0 Å². The molecule has 3 rings (SSSR count). The first-order chi connectivity index (χ1) is 12.0. The fourth-order valence-corrected chi connectivity index (χ4v) is 3.33. The lowest BCUT2D eigenvalue weighted by Gasteiger charge is -2.32. The fourth-order valence-electron chi connectivity index (χ4n) is 3.33. The molecular formula is C18H29N5O3. The van der Waals surface area contributed by atoms with Gasteiger partial charge in [0.15, 0.2) is 17.7 Å². The van der Waals surface area contributed by atoms with Crippen LogP contribution in [0.15, 0.2) is 12.7 Å².